The fourth-order valence-electron chi connectivity index (χ4n) is 2.19. The molecule has 124 valence electrons. The molecule has 2 aromatic carbocycles. The van der Waals surface area contributed by atoms with Crippen LogP contribution in [-0.2, 0) is 11.4 Å². The van der Waals surface area contributed by atoms with E-state index < -0.39 is 0 Å². The maximum absolute atomic E-state index is 11.8. The number of rotatable bonds is 4. The molecule has 2 aromatic rings. The van der Waals surface area contributed by atoms with Crippen LogP contribution in [0, 0.1) is 18.4 Å². The van der Waals surface area contributed by atoms with Crippen molar-refractivity contribution in [3.63, 3.8) is 0 Å². The van der Waals surface area contributed by atoms with Crippen LogP contribution in [0.1, 0.15) is 16.7 Å². The van der Waals surface area contributed by atoms with Gasteiger partial charge in [0.15, 0.2) is 5.17 Å². The average Bonchev–Trinajstić information content (AvgIpc) is 2.95. The van der Waals surface area contributed by atoms with Crippen LogP contribution >= 0.6 is 11.8 Å². The number of nitrogens with zero attached hydrogens (tertiary/aromatic N) is 2. The van der Waals surface area contributed by atoms with Crippen LogP contribution in [0.4, 0.5) is 0 Å². The number of hydrogen-bond donors (Lipinski definition) is 1. The second-order valence-corrected chi connectivity index (χ2v) is 6.46. The predicted molar refractivity (Wildman–Crippen MR) is 98.7 cm³/mol. The van der Waals surface area contributed by atoms with Crippen LogP contribution in [0.15, 0.2) is 58.4 Å². The first-order chi connectivity index (χ1) is 12.1. The Morgan fingerprint density at radius 2 is 1.92 bits per heavy atom. The van der Waals surface area contributed by atoms with E-state index in [1.165, 1.54) is 5.56 Å². The highest BCUT2D eigenvalue weighted by atomic mass is 32.2. The molecule has 0 atom stereocenters. The highest BCUT2D eigenvalue weighted by Gasteiger charge is 2.23. The fourth-order valence-corrected chi connectivity index (χ4v) is 2.97. The molecule has 0 saturated carbocycles. The first-order valence-electron chi connectivity index (χ1n) is 7.60. The molecule has 5 nitrogen and oxygen atoms in total. The van der Waals surface area contributed by atoms with Gasteiger partial charge in [-0.15, -0.1) is 4.99 Å². The van der Waals surface area contributed by atoms with Gasteiger partial charge in [0.1, 0.15) is 12.4 Å². The molecular formula is C19H15N3O2S. The maximum atomic E-state index is 11.8. The van der Waals surface area contributed by atoms with Crippen LogP contribution in [0.5, 0.6) is 5.75 Å². The predicted octanol–water partition coefficient (Wildman–Crippen LogP) is 3.62. The number of carbonyl (C=O) groups is 1. The summed E-state index contributed by atoms with van der Waals surface area (Å²) in [5, 5.41) is 11.4. The van der Waals surface area contributed by atoms with Crippen molar-refractivity contribution in [1.29, 1.82) is 5.26 Å². The van der Waals surface area contributed by atoms with Crippen molar-refractivity contribution < 1.29 is 9.53 Å². The van der Waals surface area contributed by atoms with Crippen LogP contribution < -0.4 is 10.1 Å². The van der Waals surface area contributed by atoms with E-state index in [2.05, 4.69) is 29.4 Å². The van der Waals surface area contributed by atoms with Crippen molar-refractivity contribution in [2.24, 2.45) is 4.99 Å². The summed E-state index contributed by atoms with van der Waals surface area (Å²) in [6, 6.07) is 15.7. The summed E-state index contributed by atoms with van der Waals surface area (Å²) in [5.74, 6) is 0.511. The molecule has 6 heteroatoms. The van der Waals surface area contributed by atoms with Gasteiger partial charge >= 0.3 is 0 Å². The second kappa shape index (κ2) is 7.69. The molecule has 1 aliphatic rings. The maximum Gasteiger partial charge on any atom is 0.264 e. The van der Waals surface area contributed by atoms with Crippen LogP contribution in [0.2, 0.25) is 0 Å². The van der Waals surface area contributed by atoms with Crippen molar-refractivity contribution in [3.05, 3.63) is 70.1 Å². The minimum atomic E-state index is -0.251. The largest absolute Gasteiger partial charge is 0.489 e. The van der Waals surface area contributed by atoms with Crippen molar-refractivity contribution in [2.45, 2.75) is 13.5 Å². The summed E-state index contributed by atoms with van der Waals surface area (Å²) in [7, 11) is 0. The van der Waals surface area contributed by atoms with Gasteiger partial charge < -0.3 is 4.74 Å². The molecule has 1 aliphatic heterocycles. The summed E-state index contributed by atoms with van der Waals surface area (Å²) >= 11 is 1.15. The van der Waals surface area contributed by atoms with Crippen molar-refractivity contribution >= 4 is 28.9 Å². The third-order valence-corrected chi connectivity index (χ3v) is 4.42. The lowest BCUT2D eigenvalue weighted by molar-refractivity contribution is -0.115. The third kappa shape index (κ3) is 4.49. The van der Waals surface area contributed by atoms with E-state index >= 15 is 0 Å². The van der Waals surface area contributed by atoms with Gasteiger partial charge in [0.25, 0.3) is 5.91 Å². The molecule has 0 bridgehead atoms. The number of amides is 1. The Balaban J connectivity index is 1.63. The standard InChI is InChI=1S/C19H15N3O2S/c1-13-2-4-15(5-3-13)11-24-16-8-6-14(7-9-16)10-17-18(23)22-19(25-17)21-12-20/h2-10H,11H2,1H3,(H,21,22,23)/b17-10-. The summed E-state index contributed by atoms with van der Waals surface area (Å²) in [5.41, 5.74) is 3.21. The highest BCUT2D eigenvalue weighted by molar-refractivity contribution is 8.18. The molecule has 25 heavy (non-hydrogen) atoms. The van der Waals surface area contributed by atoms with Gasteiger partial charge in [0, 0.05) is 0 Å². The zero-order valence-electron chi connectivity index (χ0n) is 13.5. The number of nitrogens with one attached hydrogen (secondary N) is 1. The summed E-state index contributed by atoms with van der Waals surface area (Å²) in [6.45, 7) is 2.56. The number of hydrogen-bond acceptors (Lipinski definition) is 5. The zero-order chi connectivity index (χ0) is 17.6. The van der Waals surface area contributed by atoms with Gasteiger partial charge in [-0.1, -0.05) is 42.0 Å². The minimum absolute atomic E-state index is 0.251. The summed E-state index contributed by atoms with van der Waals surface area (Å²) < 4.78 is 5.77. The van der Waals surface area contributed by atoms with Crippen LogP contribution in [0.3, 0.4) is 0 Å². The Morgan fingerprint density at radius 1 is 1.20 bits per heavy atom. The monoisotopic (exact) mass is 349 g/mol. The Bertz CT molecular complexity index is 878. The lowest BCUT2D eigenvalue weighted by atomic mass is 10.1. The molecule has 1 N–H and O–H groups in total. The SMILES string of the molecule is Cc1ccc(COc2ccc(/C=C3\SC(=NC#N)NC3=O)cc2)cc1. The molecule has 1 amide bonds. The van der Waals surface area contributed by atoms with Crippen LogP contribution in [-0.4, -0.2) is 11.1 Å². The Hall–Kier alpha value is -3.04. The van der Waals surface area contributed by atoms with Gasteiger partial charge in [-0.3, -0.25) is 10.1 Å². The number of amidine groups is 1. The average molecular weight is 349 g/mol. The molecular weight excluding hydrogens is 334 g/mol. The van der Waals surface area contributed by atoms with Crippen LogP contribution in [0.25, 0.3) is 6.08 Å². The van der Waals surface area contributed by atoms with E-state index in [4.69, 9.17) is 10.00 Å². The van der Waals surface area contributed by atoms with Gasteiger partial charge in [0.2, 0.25) is 6.19 Å². The quantitative estimate of drug-likeness (QED) is 0.676. The van der Waals surface area contributed by atoms with E-state index in [0.29, 0.717) is 16.7 Å². The van der Waals surface area contributed by atoms with E-state index in [1.807, 2.05) is 36.4 Å². The third-order valence-electron chi connectivity index (χ3n) is 3.51. The molecule has 1 fully saturated rings. The lowest BCUT2D eigenvalue weighted by Gasteiger charge is -2.07. The second-order valence-electron chi connectivity index (χ2n) is 5.43. The van der Waals surface area contributed by atoms with Crippen molar-refractivity contribution in [3.8, 4) is 11.9 Å². The zero-order valence-corrected chi connectivity index (χ0v) is 14.3. The molecule has 0 radical (unpaired) electrons. The minimum Gasteiger partial charge on any atom is -0.489 e. The first kappa shape index (κ1) is 16.8. The topological polar surface area (TPSA) is 74.5 Å². The smallest absolute Gasteiger partial charge is 0.264 e. The highest BCUT2D eigenvalue weighted by Crippen LogP contribution is 2.26. The fraction of sp³-hybridized carbons (Fsp3) is 0.105. The number of aliphatic imine (C=N–C) groups is 1. The Morgan fingerprint density at radius 3 is 2.60 bits per heavy atom. The number of thioether (sulfide) groups is 1. The van der Waals surface area contributed by atoms with Crippen molar-refractivity contribution in [1.82, 2.24) is 5.32 Å². The molecule has 1 heterocycles. The first-order valence-corrected chi connectivity index (χ1v) is 8.42. The Labute approximate surface area is 150 Å². The Kier molecular flexibility index (Phi) is 5.17. The van der Waals surface area contributed by atoms with Gasteiger partial charge in [-0.25, -0.2) is 0 Å². The molecule has 0 aromatic heterocycles. The molecule has 1 saturated heterocycles. The number of ether oxygens (including phenoxy) is 1. The van der Waals surface area contributed by atoms with Gasteiger partial charge in [-0.05, 0) is 48.0 Å². The lowest BCUT2D eigenvalue weighted by Crippen LogP contribution is -2.19. The van der Waals surface area contributed by atoms with E-state index in [1.54, 1.807) is 12.3 Å². The number of aryl methyl sites for hydroxylation is 1. The van der Waals surface area contributed by atoms with Gasteiger partial charge in [-0.2, -0.15) is 5.26 Å². The number of carbonyl (C=O) groups excluding carboxylic acids is 1. The molecule has 0 spiro atoms. The molecule has 0 aliphatic carbocycles. The number of benzene rings is 2. The normalized spacial score (nSPS) is 16.7. The van der Waals surface area contributed by atoms with E-state index in [0.717, 1.165) is 28.6 Å². The summed E-state index contributed by atoms with van der Waals surface area (Å²) in [4.78, 5) is 15.8. The van der Waals surface area contributed by atoms with E-state index in [-0.39, 0.29) is 5.91 Å². The van der Waals surface area contributed by atoms with Gasteiger partial charge in [0.05, 0.1) is 4.91 Å². The molecule has 0 unspecified atom stereocenters. The van der Waals surface area contributed by atoms with E-state index in [9.17, 15) is 4.79 Å². The summed E-state index contributed by atoms with van der Waals surface area (Å²) in [6.07, 6.45) is 3.41. The molecule has 3 rings (SSSR count). The van der Waals surface area contributed by atoms with Crippen molar-refractivity contribution in [2.75, 3.05) is 0 Å². The number of nitriles is 1.